The van der Waals surface area contributed by atoms with Crippen molar-refractivity contribution in [1.29, 1.82) is 5.26 Å². The van der Waals surface area contributed by atoms with Crippen molar-refractivity contribution in [2.24, 2.45) is 12.8 Å². The number of phenols is 1. The molecular weight excluding hydrogens is 438 g/mol. The summed E-state index contributed by atoms with van der Waals surface area (Å²) in [6.45, 7) is 0. The number of benzene rings is 2. The molecule has 0 bridgehead atoms. The number of aromatic hydroxyl groups is 1. The van der Waals surface area contributed by atoms with Crippen LogP contribution in [-0.2, 0) is 7.05 Å². The molecule has 3 aromatic rings. The number of hydrogen-bond acceptors (Lipinski definition) is 6. The Balaban J connectivity index is 2.13. The van der Waals surface area contributed by atoms with Crippen LogP contribution in [0.2, 0.25) is 0 Å². The Morgan fingerprint density at radius 1 is 1.34 bits per heavy atom. The summed E-state index contributed by atoms with van der Waals surface area (Å²) in [6.07, 6.45) is 0. The van der Waals surface area contributed by atoms with Crippen molar-refractivity contribution in [3.05, 3.63) is 73.8 Å². The fourth-order valence-corrected chi connectivity index (χ4v) is 4.14. The summed E-state index contributed by atoms with van der Waals surface area (Å²) in [7, 11) is 3.09. The number of phenolic OH excluding ortho intramolecular Hbond substituents is 1. The Hall–Kier alpha value is -3.44. The van der Waals surface area contributed by atoms with Crippen molar-refractivity contribution in [3.63, 3.8) is 0 Å². The third-order valence-corrected chi connectivity index (χ3v) is 5.67. The number of nitriles is 1. The van der Waals surface area contributed by atoms with Crippen LogP contribution in [0.15, 0.2) is 57.1 Å². The number of hydrogen-bond donors (Lipinski definition) is 2. The lowest BCUT2D eigenvalue weighted by atomic mass is 9.83. The molecule has 0 aliphatic carbocycles. The molecule has 1 aliphatic heterocycles. The van der Waals surface area contributed by atoms with Gasteiger partial charge in [0.1, 0.15) is 17.4 Å². The molecule has 4 rings (SSSR count). The highest BCUT2D eigenvalue weighted by Crippen LogP contribution is 2.46. The number of allylic oxidation sites excluding steroid dienone is 1. The van der Waals surface area contributed by atoms with Crippen LogP contribution in [-0.4, -0.2) is 16.8 Å². The van der Waals surface area contributed by atoms with E-state index in [1.807, 2.05) is 24.3 Å². The van der Waals surface area contributed by atoms with Gasteiger partial charge >= 0.3 is 0 Å². The zero-order valence-corrected chi connectivity index (χ0v) is 17.1. The van der Waals surface area contributed by atoms with Crippen LogP contribution in [0.25, 0.3) is 10.9 Å². The number of aromatic nitrogens is 1. The molecule has 0 amide bonds. The van der Waals surface area contributed by atoms with Gasteiger partial charge in [-0.15, -0.1) is 0 Å². The van der Waals surface area contributed by atoms with Crippen molar-refractivity contribution in [2.75, 3.05) is 7.11 Å². The molecule has 0 unspecified atom stereocenters. The van der Waals surface area contributed by atoms with Gasteiger partial charge in [-0.05, 0) is 45.8 Å². The number of nitrogens with two attached hydrogens (primary N) is 1. The molecule has 1 aliphatic rings. The molecule has 2 heterocycles. The molecule has 0 fully saturated rings. The zero-order valence-electron chi connectivity index (χ0n) is 15.6. The number of fused-ring (bicyclic) bond motifs is 3. The third kappa shape index (κ3) is 2.74. The van der Waals surface area contributed by atoms with Crippen LogP contribution < -0.4 is 20.8 Å². The molecule has 7 nitrogen and oxygen atoms in total. The minimum Gasteiger partial charge on any atom is -0.503 e. The normalized spacial score (nSPS) is 15.6. The number of halogens is 1. The molecule has 0 spiro atoms. The van der Waals surface area contributed by atoms with E-state index >= 15 is 0 Å². The maximum absolute atomic E-state index is 13.3. The lowest BCUT2D eigenvalue weighted by molar-refractivity contribution is 0.370. The number of ether oxygens (including phenoxy) is 2. The summed E-state index contributed by atoms with van der Waals surface area (Å²) >= 11 is 3.30. The second-order valence-electron chi connectivity index (χ2n) is 6.60. The summed E-state index contributed by atoms with van der Waals surface area (Å²) in [5.74, 6) is -0.390. The van der Waals surface area contributed by atoms with Gasteiger partial charge in [-0.1, -0.05) is 12.1 Å². The lowest BCUT2D eigenvalue weighted by Crippen LogP contribution is -2.31. The number of methoxy groups -OCH3 is 1. The van der Waals surface area contributed by atoms with Gasteiger partial charge in [0.15, 0.2) is 11.5 Å². The van der Waals surface area contributed by atoms with Crippen LogP contribution >= 0.6 is 15.9 Å². The molecular formula is C21H16BrN3O4. The molecule has 8 heteroatoms. The van der Waals surface area contributed by atoms with E-state index in [4.69, 9.17) is 15.2 Å². The highest BCUT2D eigenvalue weighted by molar-refractivity contribution is 9.10. The molecule has 0 radical (unpaired) electrons. The first-order valence-corrected chi connectivity index (χ1v) is 9.44. The van der Waals surface area contributed by atoms with Gasteiger partial charge in [0.05, 0.1) is 28.6 Å². The molecule has 29 heavy (non-hydrogen) atoms. The first kappa shape index (κ1) is 18.9. The summed E-state index contributed by atoms with van der Waals surface area (Å²) in [5, 5.41) is 20.6. The number of para-hydroxylation sites is 1. The molecule has 2 aromatic carbocycles. The Labute approximate surface area is 174 Å². The molecule has 1 aromatic heterocycles. The smallest absolute Gasteiger partial charge is 0.258 e. The summed E-state index contributed by atoms with van der Waals surface area (Å²) in [5.41, 5.74) is 7.45. The van der Waals surface area contributed by atoms with Gasteiger partial charge in [-0.3, -0.25) is 4.79 Å². The number of nitrogens with zero attached hydrogens (tertiary/aromatic N) is 2. The largest absolute Gasteiger partial charge is 0.503 e. The monoisotopic (exact) mass is 453 g/mol. The van der Waals surface area contributed by atoms with Gasteiger partial charge in [-0.2, -0.15) is 5.26 Å². The average molecular weight is 454 g/mol. The van der Waals surface area contributed by atoms with Gasteiger partial charge in [0.2, 0.25) is 5.88 Å². The van der Waals surface area contributed by atoms with Gasteiger partial charge in [0.25, 0.3) is 5.56 Å². The van der Waals surface area contributed by atoms with Crippen molar-refractivity contribution < 1.29 is 14.6 Å². The Bertz CT molecular complexity index is 1300. The lowest BCUT2D eigenvalue weighted by Gasteiger charge is -2.28. The van der Waals surface area contributed by atoms with Gasteiger partial charge in [0, 0.05) is 12.4 Å². The molecule has 3 N–H and O–H groups in total. The first-order chi connectivity index (χ1) is 13.9. The van der Waals surface area contributed by atoms with E-state index in [1.54, 1.807) is 19.2 Å². The van der Waals surface area contributed by atoms with Gasteiger partial charge < -0.3 is 24.9 Å². The van der Waals surface area contributed by atoms with Crippen LogP contribution in [0.5, 0.6) is 17.2 Å². The van der Waals surface area contributed by atoms with E-state index in [0.29, 0.717) is 32.3 Å². The van der Waals surface area contributed by atoms with Crippen LogP contribution in [0, 0.1) is 11.3 Å². The van der Waals surface area contributed by atoms with Crippen molar-refractivity contribution in [2.45, 2.75) is 5.92 Å². The summed E-state index contributed by atoms with van der Waals surface area (Å²) in [6, 6.07) is 12.6. The minimum atomic E-state index is -0.780. The van der Waals surface area contributed by atoms with Crippen molar-refractivity contribution in [3.8, 4) is 23.3 Å². The number of pyridine rings is 1. The van der Waals surface area contributed by atoms with Crippen LogP contribution in [0.3, 0.4) is 0 Å². The maximum atomic E-state index is 13.3. The number of rotatable bonds is 2. The van der Waals surface area contributed by atoms with E-state index < -0.39 is 5.92 Å². The highest BCUT2D eigenvalue weighted by Gasteiger charge is 2.36. The van der Waals surface area contributed by atoms with E-state index in [2.05, 4.69) is 22.0 Å². The Morgan fingerprint density at radius 2 is 2.07 bits per heavy atom. The zero-order chi connectivity index (χ0) is 20.9. The first-order valence-electron chi connectivity index (χ1n) is 8.64. The van der Waals surface area contributed by atoms with E-state index in [1.165, 1.54) is 11.7 Å². The molecule has 0 saturated carbocycles. The second-order valence-corrected chi connectivity index (χ2v) is 7.46. The fraction of sp³-hybridized carbons (Fsp3) is 0.143. The van der Waals surface area contributed by atoms with Crippen LogP contribution in [0.4, 0.5) is 0 Å². The summed E-state index contributed by atoms with van der Waals surface area (Å²) in [4.78, 5) is 13.3. The Kier molecular flexibility index (Phi) is 4.47. The maximum Gasteiger partial charge on any atom is 0.258 e. The van der Waals surface area contributed by atoms with Crippen LogP contribution in [0.1, 0.15) is 17.0 Å². The van der Waals surface area contributed by atoms with Crippen molar-refractivity contribution in [1.82, 2.24) is 4.57 Å². The quantitative estimate of drug-likeness (QED) is 0.615. The minimum absolute atomic E-state index is 0.0634. The summed E-state index contributed by atoms with van der Waals surface area (Å²) < 4.78 is 12.9. The molecule has 1 atom stereocenters. The fourth-order valence-electron chi connectivity index (χ4n) is 3.68. The predicted octanol–water partition coefficient (Wildman–Crippen LogP) is 3.23. The van der Waals surface area contributed by atoms with Crippen molar-refractivity contribution >= 4 is 26.8 Å². The third-order valence-electron chi connectivity index (χ3n) is 5.07. The average Bonchev–Trinajstić information content (AvgIpc) is 2.73. The van der Waals surface area contributed by atoms with E-state index in [0.717, 1.165) is 0 Å². The SMILES string of the molecule is COc1cc([C@H]2C(C#N)=C(N)Oc3c2c(=O)n(C)c2ccccc32)cc(Br)c1O. The topological polar surface area (TPSA) is 111 Å². The standard InChI is InChI=1S/C21H16BrN3O4/c1-25-14-6-4-3-5-11(14)19-17(21(25)27)16(12(9-23)20(24)29-19)10-7-13(22)18(26)15(8-10)28-2/h3-8,16,26H,24H2,1-2H3/t16-/m0/s1. The van der Waals surface area contributed by atoms with Gasteiger partial charge in [-0.25, -0.2) is 0 Å². The molecule has 0 saturated heterocycles. The second kappa shape index (κ2) is 6.87. The number of aryl methyl sites for hydroxylation is 1. The van der Waals surface area contributed by atoms with E-state index in [-0.39, 0.29) is 28.5 Å². The van der Waals surface area contributed by atoms with E-state index in [9.17, 15) is 15.2 Å². The highest BCUT2D eigenvalue weighted by atomic mass is 79.9. The molecule has 146 valence electrons. The predicted molar refractivity (Wildman–Crippen MR) is 111 cm³/mol. The Morgan fingerprint density at radius 3 is 2.76 bits per heavy atom.